The molecular formula is C11H23N. The fourth-order valence-corrected chi connectivity index (χ4v) is 2.55. The van der Waals surface area contributed by atoms with E-state index in [1.165, 1.54) is 19.3 Å². The molecule has 1 heteroatoms. The van der Waals surface area contributed by atoms with Crippen molar-refractivity contribution < 1.29 is 0 Å². The van der Waals surface area contributed by atoms with Gasteiger partial charge in [-0.1, -0.05) is 27.2 Å². The number of nitrogens with two attached hydrogens (primary N) is 1. The summed E-state index contributed by atoms with van der Waals surface area (Å²) in [6.45, 7) is 7.93. The van der Waals surface area contributed by atoms with E-state index in [0.717, 1.165) is 30.2 Å². The van der Waals surface area contributed by atoms with Crippen LogP contribution in [0.4, 0.5) is 0 Å². The van der Waals surface area contributed by atoms with Gasteiger partial charge < -0.3 is 5.73 Å². The Balaban J connectivity index is 2.33. The van der Waals surface area contributed by atoms with Crippen LogP contribution in [-0.2, 0) is 0 Å². The third kappa shape index (κ3) is 2.22. The second kappa shape index (κ2) is 4.27. The lowest BCUT2D eigenvalue weighted by molar-refractivity contribution is 0.285. The van der Waals surface area contributed by atoms with Crippen LogP contribution >= 0.6 is 0 Å². The predicted molar refractivity (Wildman–Crippen MR) is 53.9 cm³/mol. The van der Waals surface area contributed by atoms with E-state index in [9.17, 15) is 0 Å². The zero-order valence-electron chi connectivity index (χ0n) is 8.72. The molecule has 1 nitrogen and oxygen atoms in total. The zero-order chi connectivity index (χ0) is 9.14. The van der Waals surface area contributed by atoms with Gasteiger partial charge >= 0.3 is 0 Å². The molecule has 0 saturated heterocycles. The fraction of sp³-hybridized carbons (Fsp3) is 1.00. The van der Waals surface area contributed by atoms with E-state index in [2.05, 4.69) is 20.8 Å². The minimum atomic E-state index is 0.843. The molecule has 0 radical (unpaired) electrons. The Kier molecular flexibility index (Phi) is 3.57. The highest BCUT2D eigenvalue weighted by molar-refractivity contribution is 4.89. The Morgan fingerprint density at radius 2 is 2.08 bits per heavy atom. The quantitative estimate of drug-likeness (QED) is 0.672. The topological polar surface area (TPSA) is 26.0 Å². The van der Waals surface area contributed by atoms with Gasteiger partial charge in [-0.15, -0.1) is 0 Å². The SMILES string of the molecule is CCC(C(C)CCN)C1CC1C. The third-order valence-electron chi connectivity index (χ3n) is 3.55. The molecule has 1 saturated carbocycles. The Bertz CT molecular complexity index is 133. The van der Waals surface area contributed by atoms with Crippen molar-refractivity contribution in [3.05, 3.63) is 0 Å². The summed E-state index contributed by atoms with van der Waals surface area (Å²) in [7, 11) is 0. The van der Waals surface area contributed by atoms with Crippen molar-refractivity contribution in [2.75, 3.05) is 6.54 Å². The van der Waals surface area contributed by atoms with Gasteiger partial charge in [0.1, 0.15) is 0 Å². The van der Waals surface area contributed by atoms with Gasteiger partial charge in [0.05, 0.1) is 0 Å². The van der Waals surface area contributed by atoms with Crippen LogP contribution < -0.4 is 5.73 Å². The molecule has 0 aromatic carbocycles. The van der Waals surface area contributed by atoms with Crippen molar-refractivity contribution in [2.45, 2.75) is 40.0 Å². The Morgan fingerprint density at radius 1 is 1.50 bits per heavy atom. The molecule has 0 heterocycles. The van der Waals surface area contributed by atoms with Crippen LogP contribution in [-0.4, -0.2) is 6.54 Å². The molecule has 12 heavy (non-hydrogen) atoms. The van der Waals surface area contributed by atoms with Crippen molar-refractivity contribution in [3.63, 3.8) is 0 Å². The first-order chi connectivity index (χ1) is 5.70. The normalized spacial score (nSPS) is 33.0. The van der Waals surface area contributed by atoms with E-state index in [0.29, 0.717) is 0 Å². The first-order valence-electron chi connectivity index (χ1n) is 5.40. The Hall–Kier alpha value is -0.0400. The van der Waals surface area contributed by atoms with Crippen molar-refractivity contribution in [3.8, 4) is 0 Å². The molecule has 0 amide bonds. The van der Waals surface area contributed by atoms with Crippen LogP contribution in [0.25, 0.3) is 0 Å². The average Bonchev–Trinajstić information content (AvgIpc) is 2.69. The summed E-state index contributed by atoms with van der Waals surface area (Å²) >= 11 is 0. The maximum absolute atomic E-state index is 5.58. The third-order valence-corrected chi connectivity index (χ3v) is 3.55. The van der Waals surface area contributed by atoms with Crippen LogP contribution in [0.5, 0.6) is 0 Å². The number of rotatable bonds is 5. The molecular weight excluding hydrogens is 146 g/mol. The molecule has 4 unspecified atom stereocenters. The largest absolute Gasteiger partial charge is 0.330 e. The summed E-state index contributed by atoms with van der Waals surface area (Å²) in [4.78, 5) is 0. The lowest BCUT2D eigenvalue weighted by atomic mass is 9.84. The van der Waals surface area contributed by atoms with Gasteiger partial charge in [-0.05, 0) is 43.1 Å². The molecule has 0 aliphatic heterocycles. The van der Waals surface area contributed by atoms with Gasteiger partial charge in [-0.2, -0.15) is 0 Å². The average molecular weight is 169 g/mol. The van der Waals surface area contributed by atoms with E-state index >= 15 is 0 Å². The molecule has 2 N–H and O–H groups in total. The molecule has 1 fully saturated rings. The van der Waals surface area contributed by atoms with Crippen molar-refractivity contribution in [2.24, 2.45) is 29.4 Å². The van der Waals surface area contributed by atoms with Gasteiger partial charge in [-0.3, -0.25) is 0 Å². The molecule has 72 valence electrons. The van der Waals surface area contributed by atoms with Crippen molar-refractivity contribution in [1.29, 1.82) is 0 Å². The summed E-state index contributed by atoms with van der Waals surface area (Å²) in [6, 6.07) is 0. The second-order valence-corrected chi connectivity index (χ2v) is 4.50. The molecule has 0 aromatic rings. The van der Waals surface area contributed by atoms with Gasteiger partial charge in [0, 0.05) is 0 Å². The summed E-state index contributed by atoms with van der Waals surface area (Å²) in [5.41, 5.74) is 5.58. The van der Waals surface area contributed by atoms with E-state index in [-0.39, 0.29) is 0 Å². The molecule has 4 atom stereocenters. The van der Waals surface area contributed by atoms with E-state index < -0.39 is 0 Å². The van der Waals surface area contributed by atoms with Crippen LogP contribution in [0.3, 0.4) is 0 Å². The van der Waals surface area contributed by atoms with Crippen LogP contribution in [0, 0.1) is 23.7 Å². The maximum atomic E-state index is 5.58. The van der Waals surface area contributed by atoms with Crippen LogP contribution in [0.15, 0.2) is 0 Å². The fourth-order valence-electron chi connectivity index (χ4n) is 2.55. The molecule has 0 spiro atoms. The number of hydrogen-bond donors (Lipinski definition) is 1. The highest BCUT2D eigenvalue weighted by atomic mass is 14.5. The first kappa shape index (κ1) is 10.0. The predicted octanol–water partition coefficient (Wildman–Crippen LogP) is 2.65. The Morgan fingerprint density at radius 3 is 2.42 bits per heavy atom. The Labute approximate surface area is 76.7 Å². The van der Waals surface area contributed by atoms with Gasteiger partial charge in [-0.25, -0.2) is 0 Å². The smallest absolute Gasteiger partial charge is 0.00746 e. The zero-order valence-corrected chi connectivity index (χ0v) is 8.72. The summed E-state index contributed by atoms with van der Waals surface area (Å²) < 4.78 is 0. The highest BCUT2D eigenvalue weighted by Crippen LogP contribution is 2.48. The molecule has 0 bridgehead atoms. The molecule has 1 aliphatic rings. The lowest BCUT2D eigenvalue weighted by Gasteiger charge is -2.22. The standard InChI is InChI=1S/C11H23N/c1-4-10(8(2)5-6-12)11-7-9(11)3/h8-11H,4-7,12H2,1-3H3. The summed E-state index contributed by atoms with van der Waals surface area (Å²) in [6.07, 6.45) is 4.02. The van der Waals surface area contributed by atoms with Gasteiger partial charge in [0.2, 0.25) is 0 Å². The van der Waals surface area contributed by atoms with E-state index in [1.807, 2.05) is 0 Å². The monoisotopic (exact) mass is 169 g/mol. The summed E-state index contributed by atoms with van der Waals surface area (Å²) in [5.74, 6) is 3.81. The molecule has 1 aliphatic carbocycles. The first-order valence-corrected chi connectivity index (χ1v) is 5.40. The minimum Gasteiger partial charge on any atom is -0.330 e. The van der Waals surface area contributed by atoms with Gasteiger partial charge in [0.25, 0.3) is 0 Å². The minimum absolute atomic E-state index is 0.843. The van der Waals surface area contributed by atoms with Crippen LogP contribution in [0.2, 0.25) is 0 Å². The van der Waals surface area contributed by atoms with E-state index in [1.54, 1.807) is 0 Å². The number of hydrogen-bond acceptors (Lipinski definition) is 1. The van der Waals surface area contributed by atoms with Crippen molar-refractivity contribution >= 4 is 0 Å². The van der Waals surface area contributed by atoms with E-state index in [4.69, 9.17) is 5.73 Å². The van der Waals surface area contributed by atoms with Gasteiger partial charge in [0.15, 0.2) is 0 Å². The highest BCUT2D eigenvalue weighted by Gasteiger charge is 2.40. The molecule has 1 rings (SSSR count). The lowest BCUT2D eigenvalue weighted by Crippen LogP contribution is -2.17. The maximum Gasteiger partial charge on any atom is -0.00746 e. The summed E-state index contributed by atoms with van der Waals surface area (Å²) in [5, 5.41) is 0. The molecule has 0 aromatic heterocycles. The van der Waals surface area contributed by atoms with Crippen molar-refractivity contribution in [1.82, 2.24) is 0 Å². The second-order valence-electron chi connectivity index (χ2n) is 4.50. The van der Waals surface area contributed by atoms with Crippen LogP contribution in [0.1, 0.15) is 40.0 Å².